The van der Waals surface area contributed by atoms with Crippen molar-refractivity contribution < 1.29 is 22.7 Å². The van der Waals surface area contributed by atoms with E-state index < -0.39 is 18.9 Å². The first-order chi connectivity index (χ1) is 10.3. The molecule has 1 N–H and O–H groups in total. The molecule has 0 aliphatic heterocycles. The number of nitrogens with one attached hydrogen (secondary N) is 1. The van der Waals surface area contributed by atoms with Crippen molar-refractivity contribution in [2.45, 2.75) is 44.0 Å². The van der Waals surface area contributed by atoms with Gasteiger partial charge in [0.05, 0.1) is 11.7 Å². The fourth-order valence-electron chi connectivity index (χ4n) is 2.42. The Kier molecular flexibility index (Phi) is 5.63. The van der Waals surface area contributed by atoms with Gasteiger partial charge in [-0.05, 0) is 37.8 Å². The second kappa shape index (κ2) is 7.28. The predicted molar refractivity (Wildman–Crippen MR) is 74.8 cm³/mol. The summed E-state index contributed by atoms with van der Waals surface area (Å²) in [5.41, 5.74) is 0.364. The molecule has 1 aromatic heterocycles. The van der Waals surface area contributed by atoms with Gasteiger partial charge in [0.15, 0.2) is 0 Å². The summed E-state index contributed by atoms with van der Waals surface area (Å²) in [6.45, 7) is -1.25. The van der Waals surface area contributed by atoms with Crippen molar-refractivity contribution in [3.8, 4) is 0 Å². The number of amides is 1. The number of pyridine rings is 1. The van der Waals surface area contributed by atoms with Crippen molar-refractivity contribution in [1.82, 2.24) is 10.3 Å². The van der Waals surface area contributed by atoms with Crippen LogP contribution in [0.25, 0.3) is 0 Å². The van der Waals surface area contributed by atoms with Gasteiger partial charge < -0.3 is 10.1 Å². The normalized spacial score (nSPS) is 22.4. The van der Waals surface area contributed by atoms with Crippen LogP contribution in [0.1, 0.15) is 36.0 Å². The lowest BCUT2D eigenvalue weighted by molar-refractivity contribution is -0.188. The molecule has 22 heavy (non-hydrogen) atoms. The van der Waals surface area contributed by atoms with Gasteiger partial charge in [0.1, 0.15) is 11.8 Å². The molecule has 2 rings (SSSR count). The van der Waals surface area contributed by atoms with E-state index in [2.05, 4.69) is 10.3 Å². The minimum Gasteiger partial charge on any atom is -0.369 e. The highest BCUT2D eigenvalue weighted by Gasteiger charge is 2.31. The summed E-state index contributed by atoms with van der Waals surface area (Å²) in [6.07, 6.45) is -1.06. The molecule has 1 saturated carbocycles. The standard InChI is InChI=1S/C14H16ClF3N2O2/c15-12-5-4-9(7-19-12)13(21)20-10-2-1-3-11(6-10)22-8-14(16,17)18/h4-5,7,10-11H,1-3,6,8H2,(H,20,21)/t10-,11-/m1/s1. The van der Waals surface area contributed by atoms with Crippen LogP contribution in [0.15, 0.2) is 18.3 Å². The number of ether oxygens (including phenoxy) is 1. The van der Waals surface area contributed by atoms with Gasteiger partial charge in [-0.3, -0.25) is 4.79 Å². The zero-order valence-electron chi connectivity index (χ0n) is 11.7. The molecule has 0 radical (unpaired) electrons. The smallest absolute Gasteiger partial charge is 0.369 e. The molecule has 0 saturated heterocycles. The van der Waals surface area contributed by atoms with Gasteiger partial charge in [-0.2, -0.15) is 13.2 Å². The Hall–Kier alpha value is -1.34. The minimum absolute atomic E-state index is 0.199. The Labute approximate surface area is 131 Å². The molecule has 122 valence electrons. The second-order valence-electron chi connectivity index (χ2n) is 5.25. The molecule has 1 aliphatic carbocycles. The van der Waals surface area contributed by atoms with Gasteiger partial charge in [-0.1, -0.05) is 11.6 Å². The Bertz CT molecular complexity index is 508. The van der Waals surface area contributed by atoms with Crippen LogP contribution in [-0.4, -0.2) is 35.8 Å². The molecule has 1 aromatic rings. The minimum atomic E-state index is -4.33. The largest absolute Gasteiger partial charge is 0.411 e. The van der Waals surface area contributed by atoms with E-state index in [4.69, 9.17) is 16.3 Å². The van der Waals surface area contributed by atoms with Crippen LogP contribution in [-0.2, 0) is 4.74 Å². The molecule has 1 fully saturated rings. The van der Waals surface area contributed by atoms with Crippen LogP contribution in [0, 0.1) is 0 Å². The van der Waals surface area contributed by atoms with Crippen molar-refractivity contribution in [3.63, 3.8) is 0 Å². The van der Waals surface area contributed by atoms with Gasteiger partial charge in [-0.25, -0.2) is 4.98 Å². The number of rotatable bonds is 4. The number of aromatic nitrogens is 1. The first kappa shape index (κ1) is 17.0. The van der Waals surface area contributed by atoms with Crippen LogP contribution in [0.2, 0.25) is 5.15 Å². The molecule has 0 unspecified atom stereocenters. The summed E-state index contributed by atoms with van der Waals surface area (Å²) in [4.78, 5) is 15.9. The lowest BCUT2D eigenvalue weighted by Gasteiger charge is -2.30. The van der Waals surface area contributed by atoms with E-state index in [1.54, 1.807) is 6.07 Å². The lowest BCUT2D eigenvalue weighted by Crippen LogP contribution is -2.41. The van der Waals surface area contributed by atoms with Crippen LogP contribution in [0.5, 0.6) is 0 Å². The number of hydrogen-bond donors (Lipinski definition) is 1. The third kappa shape index (κ3) is 5.46. The van der Waals surface area contributed by atoms with Crippen molar-refractivity contribution in [2.24, 2.45) is 0 Å². The Morgan fingerprint density at radius 1 is 1.41 bits per heavy atom. The molecule has 1 amide bonds. The maximum absolute atomic E-state index is 12.2. The zero-order valence-corrected chi connectivity index (χ0v) is 12.5. The average molecular weight is 337 g/mol. The quantitative estimate of drug-likeness (QED) is 0.858. The van der Waals surface area contributed by atoms with Crippen LogP contribution < -0.4 is 5.32 Å². The molecule has 4 nitrogen and oxygen atoms in total. The molecule has 0 aromatic carbocycles. The number of carbonyl (C=O) groups is 1. The SMILES string of the molecule is O=C(N[C@@H]1CCC[C@@H](OCC(F)(F)F)C1)c1ccc(Cl)nc1. The maximum atomic E-state index is 12.2. The Balaban J connectivity index is 1.84. The van der Waals surface area contributed by atoms with E-state index in [0.29, 0.717) is 24.8 Å². The number of nitrogens with zero attached hydrogens (tertiary/aromatic N) is 1. The highest BCUT2D eigenvalue weighted by atomic mass is 35.5. The summed E-state index contributed by atoms with van der Waals surface area (Å²) >= 11 is 5.65. The van der Waals surface area contributed by atoms with Crippen molar-refractivity contribution in [1.29, 1.82) is 0 Å². The molecule has 0 bridgehead atoms. The third-order valence-electron chi connectivity index (χ3n) is 3.43. The predicted octanol–water partition coefficient (Wildman–Crippen LogP) is 3.35. The van der Waals surface area contributed by atoms with Crippen molar-refractivity contribution in [3.05, 3.63) is 29.0 Å². The molecular weight excluding hydrogens is 321 g/mol. The van der Waals surface area contributed by atoms with E-state index in [1.165, 1.54) is 12.3 Å². The number of alkyl halides is 3. The zero-order chi connectivity index (χ0) is 16.2. The van der Waals surface area contributed by atoms with Gasteiger partial charge in [-0.15, -0.1) is 0 Å². The van der Waals surface area contributed by atoms with Gasteiger partial charge in [0.25, 0.3) is 5.91 Å². The van der Waals surface area contributed by atoms with E-state index in [9.17, 15) is 18.0 Å². The molecule has 8 heteroatoms. The number of hydrogen-bond acceptors (Lipinski definition) is 3. The van der Waals surface area contributed by atoms with E-state index >= 15 is 0 Å². The van der Waals surface area contributed by atoms with Crippen LogP contribution in [0.4, 0.5) is 13.2 Å². The number of carbonyl (C=O) groups excluding carboxylic acids is 1. The maximum Gasteiger partial charge on any atom is 0.411 e. The van der Waals surface area contributed by atoms with Gasteiger partial charge >= 0.3 is 6.18 Å². The molecule has 1 aliphatic rings. The molecule has 1 heterocycles. The topological polar surface area (TPSA) is 51.2 Å². The van der Waals surface area contributed by atoms with Crippen LogP contribution >= 0.6 is 11.6 Å². The Morgan fingerprint density at radius 3 is 2.82 bits per heavy atom. The fourth-order valence-corrected chi connectivity index (χ4v) is 2.53. The van der Waals surface area contributed by atoms with E-state index in [0.717, 1.165) is 6.42 Å². The van der Waals surface area contributed by atoms with Crippen molar-refractivity contribution >= 4 is 17.5 Å². The highest BCUT2D eigenvalue weighted by molar-refractivity contribution is 6.29. The summed E-state index contributed by atoms with van der Waals surface area (Å²) in [7, 11) is 0. The molecule has 0 spiro atoms. The Morgan fingerprint density at radius 2 is 2.18 bits per heavy atom. The van der Waals surface area contributed by atoms with Gasteiger partial charge in [0, 0.05) is 12.2 Å². The van der Waals surface area contributed by atoms with Gasteiger partial charge in [0.2, 0.25) is 0 Å². The summed E-state index contributed by atoms with van der Waals surface area (Å²) in [6, 6.07) is 2.85. The molecule has 2 atom stereocenters. The molecular formula is C14H16ClF3N2O2. The van der Waals surface area contributed by atoms with Crippen molar-refractivity contribution in [2.75, 3.05) is 6.61 Å². The second-order valence-corrected chi connectivity index (χ2v) is 5.64. The monoisotopic (exact) mass is 336 g/mol. The first-order valence-electron chi connectivity index (χ1n) is 6.94. The third-order valence-corrected chi connectivity index (χ3v) is 3.66. The van der Waals surface area contributed by atoms with E-state index in [-0.39, 0.29) is 17.1 Å². The van der Waals surface area contributed by atoms with Crippen LogP contribution in [0.3, 0.4) is 0 Å². The summed E-state index contributed by atoms with van der Waals surface area (Å²) in [5.74, 6) is -0.314. The number of halogens is 4. The summed E-state index contributed by atoms with van der Waals surface area (Å²) in [5, 5.41) is 3.09. The lowest BCUT2D eigenvalue weighted by atomic mass is 9.92. The van der Waals surface area contributed by atoms with E-state index in [1.807, 2.05) is 0 Å². The highest BCUT2D eigenvalue weighted by Crippen LogP contribution is 2.24. The fraction of sp³-hybridized carbons (Fsp3) is 0.571. The summed E-state index contributed by atoms with van der Waals surface area (Å²) < 4.78 is 41.4. The first-order valence-corrected chi connectivity index (χ1v) is 7.32. The average Bonchev–Trinajstić information content (AvgIpc) is 2.45.